The van der Waals surface area contributed by atoms with Gasteiger partial charge in [0.05, 0.1) is 9.71 Å². The normalized spacial score (nSPS) is 18.7. The lowest BCUT2D eigenvalue weighted by Crippen LogP contribution is -2.36. The van der Waals surface area contributed by atoms with Gasteiger partial charge in [-0.15, -0.1) is 13.2 Å². The minimum Gasteiger partial charge on any atom is -0.406 e. The van der Waals surface area contributed by atoms with E-state index in [0.29, 0.717) is 30.8 Å². The van der Waals surface area contributed by atoms with Gasteiger partial charge in [-0.3, -0.25) is 4.79 Å². The van der Waals surface area contributed by atoms with E-state index in [1.807, 2.05) is 0 Å². The standard InChI is InChI=1S/C15H17F3N2O3S/c1-24(22,20-8-6-11(7-9-20)10-14(19)21)13-4-2-12(3-5-13)23-15(16,17)18/h2-5,10H,1,6-9H2,(H2,19,21). The molecule has 1 fully saturated rings. The average Bonchev–Trinajstić information content (AvgIpc) is 2.46. The molecule has 1 atom stereocenters. The topological polar surface area (TPSA) is 72.6 Å². The Hall–Kier alpha value is -2.00. The molecule has 0 aliphatic carbocycles. The Labute approximate surface area is 138 Å². The number of alkyl halides is 3. The van der Waals surface area contributed by atoms with Crippen molar-refractivity contribution in [3.05, 3.63) is 35.9 Å². The van der Waals surface area contributed by atoms with Crippen molar-refractivity contribution in [2.45, 2.75) is 24.1 Å². The number of nitrogens with zero attached hydrogens (tertiary/aromatic N) is 1. The molecule has 0 aromatic heterocycles. The van der Waals surface area contributed by atoms with E-state index < -0.39 is 22.0 Å². The Morgan fingerprint density at radius 3 is 2.25 bits per heavy atom. The summed E-state index contributed by atoms with van der Waals surface area (Å²) in [6.45, 7) is 0.838. The van der Waals surface area contributed by atoms with Crippen LogP contribution < -0.4 is 10.5 Å². The molecule has 1 amide bonds. The van der Waals surface area contributed by atoms with Crippen molar-refractivity contribution in [1.29, 1.82) is 0 Å². The van der Waals surface area contributed by atoms with Crippen LogP contribution in [0.3, 0.4) is 0 Å². The van der Waals surface area contributed by atoms with Gasteiger partial charge >= 0.3 is 6.36 Å². The van der Waals surface area contributed by atoms with Crippen LogP contribution in [0.15, 0.2) is 40.8 Å². The largest absolute Gasteiger partial charge is 0.573 e. The molecular weight excluding hydrogens is 345 g/mol. The molecule has 0 bridgehead atoms. The fourth-order valence-electron chi connectivity index (χ4n) is 2.42. The molecule has 2 N–H and O–H groups in total. The number of amides is 1. The quantitative estimate of drug-likeness (QED) is 0.658. The number of nitrogens with two attached hydrogens (primary N) is 1. The fraction of sp³-hybridized carbons (Fsp3) is 0.333. The van der Waals surface area contributed by atoms with E-state index in [4.69, 9.17) is 5.73 Å². The number of hydrogen-bond donors (Lipinski definition) is 1. The molecule has 2 rings (SSSR count). The Morgan fingerprint density at radius 2 is 1.79 bits per heavy atom. The highest BCUT2D eigenvalue weighted by Crippen LogP contribution is 2.27. The van der Waals surface area contributed by atoms with Crippen molar-refractivity contribution in [3.63, 3.8) is 0 Å². The van der Waals surface area contributed by atoms with Crippen LogP contribution in [0.25, 0.3) is 0 Å². The Kier molecular flexibility index (Phi) is 5.24. The first-order valence-corrected chi connectivity index (χ1v) is 8.73. The zero-order valence-corrected chi connectivity index (χ0v) is 13.5. The predicted octanol–water partition coefficient (Wildman–Crippen LogP) is 2.08. The van der Waals surface area contributed by atoms with Gasteiger partial charge in [-0.25, -0.2) is 8.51 Å². The van der Waals surface area contributed by atoms with Crippen molar-refractivity contribution in [2.24, 2.45) is 5.73 Å². The molecule has 1 heterocycles. The van der Waals surface area contributed by atoms with E-state index >= 15 is 0 Å². The third kappa shape index (κ3) is 4.75. The number of ether oxygens (including phenoxy) is 1. The minimum atomic E-state index is -4.77. The Morgan fingerprint density at radius 1 is 1.25 bits per heavy atom. The molecular formula is C15H17F3N2O3S. The minimum absolute atomic E-state index is 0.319. The SMILES string of the molecule is C=S(=O)(c1ccc(OC(F)(F)F)cc1)N1CCC(=CC(N)=O)CC1. The second-order valence-corrected chi connectivity index (χ2v) is 7.56. The molecule has 1 unspecified atom stereocenters. The van der Waals surface area contributed by atoms with Gasteiger partial charge in [-0.1, -0.05) is 5.57 Å². The van der Waals surface area contributed by atoms with Crippen molar-refractivity contribution >= 4 is 21.5 Å². The predicted molar refractivity (Wildman–Crippen MR) is 84.7 cm³/mol. The van der Waals surface area contributed by atoms with Gasteiger partial charge in [0.2, 0.25) is 5.91 Å². The molecule has 1 aromatic carbocycles. The highest BCUT2D eigenvalue weighted by molar-refractivity contribution is 7.98. The summed E-state index contributed by atoms with van der Waals surface area (Å²) in [5.74, 6) is 2.83. The van der Waals surface area contributed by atoms with Crippen LogP contribution in [-0.2, 0) is 14.5 Å². The molecule has 0 radical (unpaired) electrons. The maximum absolute atomic E-state index is 12.9. The number of carbonyl (C=O) groups is 1. The van der Waals surface area contributed by atoms with E-state index in [-0.39, 0.29) is 5.75 Å². The molecule has 0 spiro atoms. The van der Waals surface area contributed by atoms with Gasteiger partial charge in [-0.05, 0) is 43.0 Å². The van der Waals surface area contributed by atoms with Crippen LogP contribution >= 0.6 is 0 Å². The van der Waals surface area contributed by atoms with E-state index in [1.165, 1.54) is 18.2 Å². The molecule has 5 nitrogen and oxygen atoms in total. The lowest BCUT2D eigenvalue weighted by molar-refractivity contribution is -0.274. The lowest BCUT2D eigenvalue weighted by atomic mass is 10.1. The van der Waals surface area contributed by atoms with Gasteiger partial charge in [0.1, 0.15) is 5.75 Å². The first kappa shape index (κ1) is 18.3. The Balaban J connectivity index is 2.10. The zero-order chi connectivity index (χ0) is 18.0. The molecule has 1 aliphatic heterocycles. The van der Waals surface area contributed by atoms with Gasteiger partial charge in [0.15, 0.2) is 0 Å². The molecule has 9 heteroatoms. The molecule has 1 aromatic rings. The first-order chi connectivity index (χ1) is 11.1. The van der Waals surface area contributed by atoms with Gasteiger partial charge in [0, 0.05) is 24.1 Å². The van der Waals surface area contributed by atoms with Crippen molar-refractivity contribution < 1.29 is 26.9 Å². The third-order valence-electron chi connectivity index (χ3n) is 3.55. The number of carbonyl (C=O) groups excluding carboxylic acids is 1. The summed E-state index contributed by atoms with van der Waals surface area (Å²) in [6.07, 6.45) is -2.34. The van der Waals surface area contributed by atoms with Crippen LogP contribution in [0, 0.1) is 0 Å². The monoisotopic (exact) mass is 362 g/mol. The summed E-state index contributed by atoms with van der Waals surface area (Å²) in [6, 6.07) is 4.84. The molecule has 0 saturated carbocycles. The lowest BCUT2D eigenvalue weighted by Gasteiger charge is -2.31. The number of hydrogen-bond acceptors (Lipinski definition) is 3. The fourth-order valence-corrected chi connectivity index (χ4v) is 4.05. The van der Waals surface area contributed by atoms with E-state index in [9.17, 15) is 22.2 Å². The van der Waals surface area contributed by atoms with Gasteiger partial charge in [-0.2, -0.15) is 0 Å². The molecule has 1 saturated heterocycles. The van der Waals surface area contributed by atoms with Gasteiger partial charge < -0.3 is 10.5 Å². The summed E-state index contributed by atoms with van der Waals surface area (Å²) >= 11 is 0. The number of rotatable bonds is 4. The van der Waals surface area contributed by atoms with Crippen molar-refractivity contribution in [3.8, 4) is 5.75 Å². The maximum Gasteiger partial charge on any atom is 0.573 e. The maximum atomic E-state index is 12.9. The summed E-state index contributed by atoms with van der Waals surface area (Å²) in [7, 11) is -2.82. The molecule has 24 heavy (non-hydrogen) atoms. The van der Waals surface area contributed by atoms with Crippen LogP contribution in [-0.4, -0.2) is 39.7 Å². The van der Waals surface area contributed by atoms with Crippen LogP contribution in [0.4, 0.5) is 13.2 Å². The number of benzene rings is 1. The number of primary amides is 1. The van der Waals surface area contributed by atoms with E-state index in [1.54, 1.807) is 4.31 Å². The Bertz CT molecular complexity index is 730. The molecule has 1 aliphatic rings. The van der Waals surface area contributed by atoms with Crippen LogP contribution in [0.1, 0.15) is 12.8 Å². The second kappa shape index (κ2) is 6.86. The zero-order valence-electron chi connectivity index (χ0n) is 12.7. The highest BCUT2D eigenvalue weighted by atomic mass is 32.2. The average molecular weight is 362 g/mol. The van der Waals surface area contributed by atoms with E-state index in [2.05, 4.69) is 10.6 Å². The van der Waals surface area contributed by atoms with Gasteiger partial charge in [0.25, 0.3) is 0 Å². The first-order valence-electron chi connectivity index (χ1n) is 7.05. The summed E-state index contributed by atoms with van der Waals surface area (Å²) in [5.41, 5.74) is 5.98. The molecule has 132 valence electrons. The van der Waals surface area contributed by atoms with Crippen molar-refractivity contribution in [1.82, 2.24) is 4.31 Å². The smallest absolute Gasteiger partial charge is 0.406 e. The summed E-state index contributed by atoms with van der Waals surface area (Å²) < 4.78 is 54.8. The number of halogens is 3. The van der Waals surface area contributed by atoms with Crippen LogP contribution in [0.5, 0.6) is 5.75 Å². The summed E-state index contributed by atoms with van der Waals surface area (Å²) in [5, 5.41) is 0. The third-order valence-corrected chi connectivity index (χ3v) is 5.76. The number of piperidine rings is 1. The second-order valence-electron chi connectivity index (χ2n) is 5.29. The van der Waals surface area contributed by atoms with E-state index in [0.717, 1.165) is 17.7 Å². The van der Waals surface area contributed by atoms with Crippen molar-refractivity contribution in [2.75, 3.05) is 13.1 Å². The summed E-state index contributed by atoms with van der Waals surface area (Å²) in [4.78, 5) is 11.2. The highest BCUT2D eigenvalue weighted by Gasteiger charge is 2.31. The van der Waals surface area contributed by atoms with Crippen LogP contribution in [0.2, 0.25) is 0 Å².